The van der Waals surface area contributed by atoms with Crippen LogP contribution >= 0.6 is 15.9 Å². The summed E-state index contributed by atoms with van der Waals surface area (Å²) in [5.74, 6) is 0.0820. The van der Waals surface area contributed by atoms with Gasteiger partial charge in [0.05, 0.1) is 17.1 Å². The molecule has 1 atom stereocenters. The van der Waals surface area contributed by atoms with Gasteiger partial charge < -0.3 is 4.90 Å². The predicted molar refractivity (Wildman–Crippen MR) is 79.5 cm³/mol. The number of benzene rings is 1. The number of hydrogen-bond donors (Lipinski definition) is 0. The lowest BCUT2D eigenvalue weighted by Crippen LogP contribution is -2.32. The van der Waals surface area contributed by atoms with Crippen molar-refractivity contribution in [2.75, 3.05) is 23.5 Å². The molecule has 0 aromatic heterocycles. The van der Waals surface area contributed by atoms with Gasteiger partial charge in [0, 0.05) is 24.1 Å². The third-order valence-corrected chi connectivity index (χ3v) is 6.06. The molecule has 0 N–H and O–H groups in total. The Morgan fingerprint density at radius 3 is 2.52 bits per heavy atom. The molecule has 0 saturated carbocycles. The monoisotopic (exact) mass is 385 g/mol. The second-order valence-corrected chi connectivity index (χ2v) is 7.93. The SMILES string of the molecule is CN(c1ccc(CBr)c(C(F)(F)F)c1)C1CCS(=O)(=O)C1. The molecule has 1 aliphatic rings. The first-order chi connectivity index (χ1) is 9.64. The summed E-state index contributed by atoms with van der Waals surface area (Å²) in [6.07, 6.45) is -3.98. The van der Waals surface area contributed by atoms with Crippen molar-refractivity contribution in [1.29, 1.82) is 0 Å². The van der Waals surface area contributed by atoms with Gasteiger partial charge in [-0.25, -0.2) is 8.42 Å². The summed E-state index contributed by atoms with van der Waals surface area (Å²) >= 11 is 3.05. The summed E-state index contributed by atoms with van der Waals surface area (Å²) < 4.78 is 62.1. The van der Waals surface area contributed by atoms with Gasteiger partial charge in [-0.2, -0.15) is 13.2 Å². The summed E-state index contributed by atoms with van der Waals surface area (Å²) in [6, 6.07) is 3.83. The third kappa shape index (κ3) is 3.71. The fraction of sp³-hybridized carbons (Fsp3) is 0.538. The minimum absolute atomic E-state index is 0.00888. The maximum absolute atomic E-state index is 13.0. The van der Waals surface area contributed by atoms with Crippen molar-refractivity contribution in [2.24, 2.45) is 0 Å². The van der Waals surface area contributed by atoms with Crippen LogP contribution < -0.4 is 4.90 Å². The van der Waals surface area contributed by atoms with Crippen molar-refractivity contribution in [1.82, 2.24) is 0 Å². The van der Waals surface area contributed by atoms with Crippen molar-refractivity contribution in [3.8, 4) is 0 Å². The zero-order chi connectivity index (χ0) is 15.8. The molecule has 1 fully saturated rings. The van der Waals surface area contributed by atoms with E-state index in [0.717, 1.165) is 6.07 Å². The number of sulfone groups is 1. The lowest BCUT2D eigenvalue weighted by atomic mass is 10.1. The molecule has 0 spiro atoms. The molecule has 3 nitrogen and oxygen atoms in total. The zero-order valence-corrected chi connectivity index (χ0v) is 13.7. The molecule has 0 bridgehead atoms. The maximum atomic E-state index is 13.0. The second-order valence-electron chi connectivity index (χ2n) is 5.14. The molecule has 118 valence electrons. The molecule has 1 saturated heterocycles. The highest BCUT2D eigenvalue weighted by atomic mass is 79.9. The smallest absolute Gasteiger partial charge is 0.371 e. The average molecular weight is 386 g/mol. The molecule has 1 unspecified atom stereocenters. The largest absolute Gasteiger partial charge is 0.416 e. The van der Waals surface area contributed by atoms with Gasteiger partial charge >= 0.3 is 6.18 Å². The molecule has 0 aliphatic carbocycles. The van der Waals surface area contributed by atoms with Gasteiger partial charge in [0.2, 0.25) is 0 Å². The quantitative estimate of drug-likeness (QED) is 0.749. The van der Waals surface area contributed by atoms with Crippen molar-refractivity contribution in [3.05, 3.63) is 29.3 Å². The molecule has 21 heavy (non-hydrogen) atoms. The Hall–Kier alpha value is -0.760. The van der Waals surface area contributed by atoms with Gasteiger partial charge in [0.15, 0.2) is 9.84 Å². The molecule has 0 radical (unpaired) electrons. The Morgan fingerprint density at radius 2 is 2.05 bits per heavy atom. The molecular weight excluding hydrogens is 371 g/mol. The first-order valence-electron chi connectivity index (χ1n) is 6.33. The number of anilines is 1. The van der Waals surface area contributed by atoms with E-state index in [2.05, 4.69) is 15.9 Å². The van der Waals surface area contributed by atoms with Crippen LogP contribution in [0, 0.1) is 0 Å². The van der Waals surface area contributed by atoms with E-state index in [1.807, 2.05) is 0 Å². The van der Waals surface area contributed by atoms with Crippen LogP contribution in [0.15, 0.2) is 18.2 Å². The van der Waals surface area contributed by atoms with Crippen LogP contribution in [-0.4, -0.2) is 33.0 Å². The number of rotatable bonds is 3. The van der Waals surface area contributed by atoms with Gasteiger partial charge in [-0.05, 0) is 24.1 Å². The van der Waals surface area contributed by atoms with Crippen LogP contribution in [0.3, 0.4) is 0 Å². The van der Waals surface area contributed by atoms with Gasteiger partial charge in [-0.3, -0.25) is 0 Å². The van der Waals surface area contributed by atoms with Gasteiger partial charge in [-0.15, -0.1) is 0 Å². The lowest BCUT2D eigenvalue weighted by Gasteiger charge is -2.27. The molecule has 0 amide bonds. The molecule has 1 aromatic rings. The fourth-order valence-corrected chi connectivity index (χ4v) is 4.72. The van der Waals surface area contributed by atoms with Gasteiger partial charge in [0.25, 0.3) is 0 Å². The van der Waals surface area contributed by atoms with E-state index in [1.54, 1.807) is 18.0 Å². The van der Waals surface area contributed by atoms with Crippen LogP contribution in [0.2, 0.25) is 0 Å². The Kier molecular flexibility index (Phi) is 4.58. The minimum atomic E-state index is -4.43. The maximum Gasteiger partial charge on any atom is 0.416 e. The summed E-state index contributed by atoms with van der Waals surface area (Å²) in [5, 5.41) is 0.115. The number of halogens is 4. The Morgan fingerprint density at radius 1 is 1.38 bits per heavy atom. The Bertz CT molecular complexity index is 631. The molecule has 1 aliphatic heterocycles. The molecule has 2 rings (SSSR count). The highest BCUT2D eigenvalue weighted by Crippen LogP contribution is 2.36. The minimum Gasteiger partial charge on any atom is -0.371 e. The highest BCUT2D eigenvalue weighted by molar-refractivity contribution is 9.08. The molecule has 1 heterocycles. The van der Waals surface area contributed by atoms with Crippen LogP contribution in [0.5, 0.6) is 0 Å². The molecule has 8 heteroatoms. The van der Waals surface area contributed by atoms with E-state index in [-0.39, 0.29) is 28.4 Å². The van der Waals surface area contributed by atoms with E-state index >= 15 is 0 Å². The summed E-state index contributed by atoms with van der Waals surface area (Å²) in [4.78, 5) is 1.62. The molecule has 1 aromatic carbocycles. The van der Waals surface area contributed by atoms with Crippen molar-refractivity contribution in [2.45, 2.75) is 24.0 Å². The van der Waals surface area contributed by atoms with Crippen molar-refractivity contribution >= 4 is 31.5 Å². The standard InChI is InChI=1S/C13H15BrF3NO2S/c1-18(11-4-5-21(19,20)8-11)10-3-2-9(7-14)12(6-10)13(15,16)17/h2-3,6,11H,4-5,7-8H2,1H3. The van der Waals surface area contributed by atoms with E-state index < -0.39 is 21.6 Å². The van der Waals surface area contributed by atoms with Crippen LogP contribution in [-0.2, 0) is 21.3 Å². The zero-order valence-electron chi connectivity index (χ0n) is 11.3. The number of hydrogen-bond acceptors (Lipinski definition) is 3. The topological polar surface area (TPSA) is 37.4 Å². The van der Waals surface area contributed by atoms with Crippen molar-refractivity contribution in [3.63, 3.8) is 0 Å². The van der Waals surface area contributed by atoms with Crippen LogP contribution in [0.4, 0.5) is 18.9 Å². The van der Waals surface area contributed by atoms with Crippen LogP contribution in [0.25, 0.3) is 0 Å². The summed E-state index contributed by atoms with van der Waals surface area (Å²) in [5.41, 5.74) is -0.141. The fourth-order valence-electron chi connectivity index (χ4n) is 2.46. The van der Waals surface area contributed by atoms with E-state index in [9.17, 15) is 21.6 Å². The summed E-state index contributed by atoms with van der Waals surface area (Å²) in [7, 11) is -1.44. The molecular formula is C13H15BrF3NO2S. The van der Waals surface area contributed by atoms with E-state index in [4.69, 9.17) is 0 Å². The Balaban J connectivity index is 2.32. The first kappa shape index (κ1) is 16.6. The van der Waals surface area contributed by atoms with Gasteiger partial charge in [0.1, 0.15) is 0 Å². The number of nitrogens with zero attached hydrogens (tertiary/aromatic N) is 1. The van der Waals surface area contributed by atoms with Gasteiger partial charge in [-0.1, -0.05) is 22.0 Å². The highest BCUT2D eigenvalue weighted by Gasteiger charge is 2.35. The van der Waals surface area contributed by atoms with E-state index in [1.165, 1.54) is 6.07 Å². The summed E-state index contributed by atoms with van der Waals surface area (Å²) in [6.45, 7) is 0. The lowest BCUT2D eigenvalue weighted by molar-refractivity contribution is -0.138. The third-order valence-electron chi connectivity index (χ3n) is 3.71. The first-order valence-corrected chi connectivity index (χ1v) is 9.27. The second kappa shape index (κ2) is 5.79. The average Bonchev–Trinajstić information content (AvgIpc) is 2.76. The predicted octanol–water partition coefficient (Wildman–Crippen LogP) is 3.22. The Labute approximate surface area is 130 Å². The van der Waals surface area contributed by atoms with Crippen LogP contribution in [0.1, 0.15) is 17.5 Å². The van der Waals surface area contributed by atoms with Crippen molar-refractivity contribution < 1.29 is 21.6 Å². The number of alkyl halides is 4. The normalized spacial score (nSPS) is 21.5. The van der Waals surface area contributed by atoms with E-state index in [0.29, 0.717) is 12.1 Å².